The molecule has 0 aliphatic carbocycles. The maximum atomic E-state index is 12.9. The fourth-order valence-electron chi connectivity index (χ4n) is 2.42. The van der Waals surface area contributed by atoms with E-state index in [-0.39, 0.29) is 12.6 Å². The summed E-state index contributed by atoms with van der Waals surface area (Å²) in [6.07, 6.45) is 0. The normalized spacial score (nSPS) is 21.7. The second kappa shape index (κ2) is 6.93. The Kier molecular flexibility index (Phi) is 5.49. The second-order valence-corrected chi connectivity index (χ2v) is 7.42. The van der Waals surface area contributed by atoms with Crippen molar-refractivity contribution < 1.29 is 14.1 Å². The quantitative estimate of drug-likeness (QED) is 0.919. The fraction of sp³-hybridized carbons (Fsp3) is 0.571. The van der Waals surface area contributed by atoms with Crippen LogP contribution in [0.15, 0.2) is 17.0 Å². The molecule has 2 unspecified atom stereocenters. The lowest BCUT2D eigenvalue weighted by molar-refractivity contribution is 0.207. The second-order valence-electron chi connectivity index (χ2n) is 4.89. The third kappa shape index (κ3) is 3.19. The molecule has 0 spiro atoms. The predicted molar refractivity (Wildman–Crippen MR) is 83.8 cm³/mol. The topological polar surface area (TPSA) is 49.8 Å². The Morgan fingerprint density at radius 1 is 1.45 bits per heavy atom. The van der Waals surface area contributed by atoms with Gasteiger partial charge in [0.15, 0.2) is 0 Å². The Morgan fingerprint density at radius 3 is 2.65 bits per heavy atom. The van der Waals surface area contributed by atoms with Crippen molar-refractivity contribution in [3.8, 4) is 5.75 Å². The van der Waals surface area contributed by atoms with Crippen LogP contribution in [0.1, 0.15) is 11.1 Å². The molecule has 4 nitrogen and oxygen atoms in total. The Hall–Kier alpha value is -0.560. The highest BCUT2D eigenvalue weighted by molar-refractivity contribution is 7.99. The summed E-state index contributed by atoms with van der Waals surface area (Å²) < 4.78 is 20.0. The van der Waals surface area contributed by atoms with Gasteiger partial charge in [0.25, 0.3) is 0 Å². The lowest BCUT2D eigenvalue weighted by atomic mass is 10.1. The maximum Gasteiger partial charge on any atom is 0.128 e. The highest BCUT2D eigenvalue weighted by atomic mass is 32.2. The van der Waals surface area contributed by atoms with Gasteiger partial charge in [-0.05, 0) is 37.1 Å². The van der Waals surface area contributed by atoms with Gasteiger partial charge in [0, 0.05) is 18.1 Å². The number of ether oxygens (including phenoxy) is 1. The molecule has 1 aliphatic rings. The lowest BCUT2D eigenvalue weighted by Crippen LogP contribution is -2.45. The van der Waals surface area contributed by atoms with Gasteiger partial charge >= 0.3 is 0 Å². The number of nitrogens with zero attached hydrogens (tertiary/aromatic N) is 1. The molecule has 1 fully saturated rings. The highest BCUT2D eigenvalue weighted by Crippen LogP contribution is 2.28. The third-order valence-electron chi connectivity index (χ3n) is 3.44. The van der Waals surface area contributed by atoms with Crippen molar-refractivity contribution in [2.24, 2.45) is 0 Å². The van der Waals surface area contributed by atoms with Gasteiger partial charge in [0.1, 0.15) is 16.7 Å². The van der Waals surface area contributed by atoms with E-state index in [1.165, 1.54) is 0 Å². The van der Waals surface area contributed by atoms with Crippen molar-refractivity contribution in [2.45, 2.75) is 24.8 Å². The number of aryl methyl sites for hydroxylation is 2. The smallest absolute Gasteiger partial charge is 0.128 e. The van der Waals surface area contributed by atoms with Gasteiger partial charge in [-0.2, -0.15) is 11.8 Å². The SMILES string of the molecule is COc1cc(C)c(S(=O)N2CCSCC2CO)c(C)c1. The van der Waals surface area contributed by atoms with Gasteiger partial charge in [-0.25, -0.2) is 8.51 Å². The first-order chi connectivity index (χ1) is 9.58. The summed E-state index contributed by atoms with van der Waals surface area (Å²) >= 11 is 1.80. The number of aliphatic hydroxyl groups is 1. The number of methoxy groups -OCH3 is 1. The monoisotopic (exact) mass is 315 g/mol. The average Bonchev–Trinajstić information content (AvgIpc) is 2.46. The predicted octanol–water partition coefficient (Wildman–Crippen LogP) is 1.74. The number of hydrogen-bond acceptors (Lipinski definition) is 4. The van der Waals surface area contributed by atoms with E-state index in [2.05, 4.69) is 0 Å². The molecule has 0 bridgehead atoms. The molecule has 1 saturated heterocycles. The molecule has 1 heterocycles. The Balaban J connectivity index is 2.33. The molecule has 1 aliphatic heterocycles. The van der Waals surface area contributed by atoms with Gasteiger partial charge in [0.05, 0.1) is 24.7 Å². The van der Waals surface area contributed by atoms with Gasteiger partial charge in [-0.1, -0.05) is 0 Å². The van der Waals surface area contributed by atoms with E-state index in [4.69, 9.17) is 4.74 Å². The molecule has 0 aromatic heterocycles. The first-order valence-corrected chi connectivity index (χ1v) is 8.87. The molecule has 1 aromatic carbocycles. The van der Waals surface area contributed by atoms with Crippen LogP contribution in [-0.4, -0.2) is 51.4 Å². The summed E-state index contributed by atoms with van der Waals surface area (Å²) in [5.41, 5.74) is 1.94. The molecule has 6 heteroatoms. The van der Waals surface area contributed by atoms with Crippen molar-refractivity contribution >= 4 is 22.7 Å². The number of hydrogen-bond donors (Lipinski definition) is 1. The zero-order chi connectivity index (χ0) is 14.7. The van der Waals surface area contributed by atoms with E-state index in [9.17, 15) is 9.32 Å². The van der Waals surface area contributed by atoms with Crippen molar-refractivity contribution in [3.05, 3.63) is 23.3 Å². The van der Waals surface area contributed by atoms with Crippen LogP contribution in [-0.2, 0) is 11.0 Å². The molecule has 20 heavy (non-hydrogen) atoms. The summed E-state index contributed by atoms with van der Waals surface area (Å²) in [7, 11) is 0.405. The van der Waals surface area contributed by atoms with Crippen LogP contribution in [0.5, 0.6) is 5.75 Å². The maximum absolute atomic E-state index is 12.9. The summed E-state index contributed by atoms with van der Waals surface area (Å²) in [6.45, 7) is 4.70. The summed E-state index contributed by atoms with van der Waals surface area (Å²) in [5, 5.41) is 9.47. The van der Waals surface area contributed by atoms with Crippen LogP contribution in [0.25, 0.3) is 0 Å². The summed E-state index contributed by atoms with van der Waals surface area (Å²) in [6, 6.07) is 3.79. The van der Waals surface area contributed by atoms with Crippen LogP contribution in [0.2, 0.25) is 0 Å². The third-order valence-corrected chi connectivity index (χ3v) is 6.43. The highest BCUT2D eigenvalue weighted by Gasteiger charge is 2.29. The van der Waals surface area contributed by atoms with Crippen LogP contribution in [0.3, 0.4) is 0 Å². The molecular formula is C14H21NO3S2. The molecule has 0 amide bonds. The zero-order valence-corrected chi connectivity index (χ0v) is 13.7. The molecule has 1 N–H and O–H groups in total. The van der Waals surface area contributed by atoms with Gasteiger partial charge in [-0.15, -0.1) is 0 Å². The standard InChI is InChI=1S/C14H21NO3S2/c1-10-6-13(18-3)7-11(2)14(10)20(17)15-4-5-19-9-12(15)8-16/h6-7,12,16H,4-5,8-9H2,1-3H3. The lowest BCUT2D eigenvalue weighted by Gasteiger charge is -2.33. The van der Waals surface area contributed by atoms with Crippen molar-refractivity contribution in [1.82, 2.24) is 4.31 Å². The van der Waals surface area contributed by atoms with Gasteiger partial charge in [-0.3, -0.25) is 0 Å². The first-order valence-electron chi connectivity index (χ1n) is 6.60. The van der Waals surface area contributed by atoms with E-state index in [0.717, 1.165) is 39.8 Å². The van der Waals surface area contributed by atoms with Gasteiger partial charge in [0.2, 0.25) is 0 Å². The molecule has 2 atom stereocenters. The average molecular weight is 315 g/mol. The van der Waals surface area contributed by atoms with Crippen LogP contribution >= 0.6 is 11.8 Å². The van der Waals surface area contributed by atoms with Gasteiger partial charge < -0.3 is 9.84 Å². The van der Waals surface area contributed by atoms with Crippen molar-refractivity contribution in [1.29, 1.82) is 0 Å². The molecule has 1 aromatic rings. The van der Waals surface area contributed by atoms with E-state index in [1.54, 1.807) is 18.9 Å². The molecular weight excluding hydrogens is 294 g/mol. The number of rotatable bonds is 4. The minimum absolute atomic E-state index is 0.0320. The van der Waals surface area contributed by atoms with Crippen molar-refractivity contribution in [2.75, 3.05) is 31.8 Å². The van der Waals surface area contributed by atoms with Crippen LogP contribution < -0.4 is 4.74 Å². The minimum Gasteiger partial charge on any atom is -0.497 e. The minimum atomic E-state index is -1.23. The van der Waals surface area contributed by atoms with Crippen molar-refractivity contribution in [3.63, 3.8) is 0 Å². The number of benzene rings is 1. The zero-order valence-electron chi connectivity index (χ0n) is 12.1. The number of aliphatic hydroxyl groups excluding tert-OH is 1. The Morgan fingerprint density at radius 2 is 2.10 bits per heavy atom. The van der Waals surface area contributed by atoms with E-state index in [1.807, 2.05) is 30.3 Å². The molecule has 2 rings (SSSR count). The van der Waals surface area contributed by atoms with E-state index in [0.29, 0.717) is 0 Å². The molecule has 0 saturated carbocycles. The Labute approximate surface area is 127 Å². The summed E-state index contributed by atoms with van der Waals surface area (Å²) in [5.74, 6) is 2.57. The Bertz CT molecular complexity index is 484. The first kappa shape index (κ1) is 15.8. The fourth-order valence-corrected chi connectivity index (χ4v) is 5.25. The number of thioether (sulfide) groups is 1. The molecule has 0 radical (unpaired) electrons. The van der Waals surface area contributed by atoms with E-state index < -0.39 is 11.0 Å². The van der Waals surface area contributed by atoms with Crippen LogP contribution in [0.4, 0.5) is 0 Å². The summed E-state index contributed by atoms with van der Waals surface area (Å²) in [4.78, 5) is 0.844. The largest absolute Gasteiger partial charge is 0.497 e. The van der Waals surface area contributed by atoms with Crippen LogP contribution in [0, 0.1) is 13.8 Å². The molecule has 112 valence electrons. The van der Waals surface area contributed by atoms with E-state index >= 15 is 0 Å².